The number of carbonyl (C=O) groups is 1. The van der Waals surface area contributed by atoms with Gasteiger partial charge in [0.1, 0.15) is 6.04 Å². The van der Waals surface area contributed by atoms with Gasteiger partial charge >= 0.3 is 5.97 Å². The van der Waals surface area contributed by atoms with E-state index in [1.165, 1.54) is 5.56 Å². The zero-order valence-electron chi connectivity index (χ0n) is 9.48. The minimum Gasteiger partial charge on any atom is -0.465 e. The van der Waals surface area contributed by atoms with Gasteiger partial charge in [0, 0.05) is 6.04 Å². The Morgan fingerprint density at radius 1 is 1.38 bits per heavy atom. The Kier molecular flexibility index (Phi) is 3.57. The predicted molar refractivity (Wildman–Crippen MR) is 62.0 cm³/mol. The van der Waals surface area contributed by atoms with E-state index in [-0.39, 0.29) is 18.1 Å². The average molecular weight is 219 g/mol. The fourth-order valence-corrected chi connectivity index (χ4v) is 2.12. The Bertz CT molecular complexity index is 350. The van der Waals surface area contributed by atoms with Gasteiger partial charge in [-0.25, -0.2) is 0 Å². The SMILES string of the molecule is CCOC(=O)[C@H]1CC[C@H](c2ccccc2)N1. The van der Waals surface area contributed by atoms with Crippen LogP contribution in [0.15, 0.2) is 30.3 Å². The third-order valence-corrected chi connectivity index (χ3v) is 2.92. The van der Waals surface area contributed by atoms with Crippen molar-refractivity contribution in [3.8, 4) is 0 Å². The van der Waals surface area contributed by atoms with E-state index in [9.17, 15) is 4.79 Å². The van der Waals surface area contributed by atoms with Crippen LogP contribution >= 0.6 is 0 Å². The first-order valence-electron chi connectivity index (χ1n) is 5.79. The number of benzene rings is 1. The largest absolute Gasteiger partial charge is 0.465 e. The molecule has 1 aliphatic heterocycles. The zero-order chi connectivity index (χ0) is 11.4. The highest BCUT2D eigenvalue weighted by atomic mass is 16.5. The van der Waals surface area contributed by atoms with E-state index in [0.717, 1.165) is 12.8 Å². The van der Waals surface area contributed by atoms with E-state index in [4.69, 9.17) is 4.74 Å². The van der Waals surface area contributed by atoms with Gasteiger partial charge in [-0.2, -0.15) is 0 Å². The minimum atomic E-state index is -0.134. The third kappa shape index (κ3) is 2.42. The molecular weight excluding hydrogens is 202 g/mol. The molecule has 0 saturated carbocycles. The summed E-state index contributed by atoms with van der Waals surface area (Å²) < 4.78 is 5.01. The monoisotopic (exact) mass is 219 g/mol. The number of carbonyl (C=O) groups excluding carboxylic acids is 1. The molecule has 0 amide bonds. The smallest absolute Gasteiger partial charge is 0.323 e. The van der Waals surface area contributed by atoms with Crippen LogP contribution in [0.5, 0.6) is 0 Å². The summed E-state index contributed by atoms with van der Waals surface area (Å²) in [7, 11) is 0. The Morgan fingerprint density at radius 2 is 2.12 bits per heavy atom. The summed E-state index contributed by atoms with van der Waals surface area (Å²) in [6.45, 7) is 2.29. The summed E-state index contributed by atoms with van der Waals surface area (Å²) in [5, 5.41) is 3.32. The molecular formula is C13H17NO2. The summed E-state index contributed by atoms with van der Waals surface area (Å²) in [6.07, 6.45) is 1.85. The molecule has 1 aromatic carbocycles. The van der Waals surface area contributed by atoms with Crippen molar-refractivity contribution in [3.05, 3.63) is 35.9 Å². The molecule has 0 aliphatic carbocycles. The van der Waals surface area contributed by atoms with Crippen molar-refractivity contribution in [2.75, 3.05) is 6.61 Å². The van der Waals surface area contributed by atoms with Crippen LogP contribution in [0.25, 0.3) is 0 Å². The lowest BCUT2D eigenvalue weighted by atomic mass is 10.1. The van der Waals surface area contributed by atoms with Gasteiger partial charge < -0.3 is 4.74 Å². The molecule has 1 N–H and O–H groups in total. The minimum absolute atomic E-state index is 0.124. The van der Waals surface area contributed by atoms with Gasteiger partial charge in [0.05, 0.1) is 6.61 Å². The maximum atomic E-state index is 11.5. The Labute approximate surface area is 95.8 Å². The first kappa shape index (κ1) is 11.1. The van der Waals surface area contributed by atoms with E-state index in [0.29, 0.717) is 6.61 Å². The van der Waals surface area contributed by atoms with Crippen LogP contribution in [0, 0.1) is 0 Å². The number of esters is 1. The van der Waals surface area contributed by atoms with Gasteiger partial charge in [0.2, 0.25) is 0 Å². The molecule has 0 aromatic heterocycles. The normalized spacial score (nSPS) is 24.3. The van der Waals surface area contributed by atoms with E-state index >= 15 is 0 Å². The number of ether oxygens (including phenoxy) is 1. The average Bonchev–Trinajstić information content (AvgIpc) is 2.80. The standard InChI is InChI=1S/C13H17NO2/c1-2-16-13(15)12-9-8-11(14-12)10-6-4-3-5-7-10/h3-7,11-12,14H,2,8-9H2,1H3/t11-,12-/m1/s1. The maximum Gasteiger partial charge on any atom is 0.323 e. The van der Waals surface area contributed by atoms with Gasteiger partial charge in [0.15, 0.2) is 0 Å². The van der Waals surface area contributed by atoms with Crippen molar-refractivity contribution in [2.45, 2.75) is 31.8 Å². The lowest BCUT2D eigenvalue weighted by molar-refractivity contribution is -0.145. The molecule has 1 fully saturated rings. The molecule has 0 unspecified atom stereocenters. The first-order chi connectivity index (χ1) is 7.81. The van der Waals surface area contributed by atoms with Crippen LogP contribution in [-0.2, 0) is 9.53 Å². The van der Waals surface area contributed by atoms with Crippen LogP contribution < -0.4 is 5.32 Å². The Hall–Kier alpha value is -1.35. The second kappa shape index (κ2) is 5.12. The molecule has 86 valence electrons. The van der Waals surface area contributed by atoms with Crippen LogP contribution in [0.4, 0.5) is 0 Å². The van der Waals surface area contributed by atoms with Crippen molar-refractivity contribution in [2.24, 2.45) is 0 Å². The molecule has 1 heterocycles. The summed E-state index contributed by atoms with van der Waals surface area (Å²) in [6, 6.07) is 10.4. The fraction of sp³-hybridized carbons (Fsp3) is 0.462. The molecule has 16 heavy (non-hydrogen) atoms. The number of hydrogen-bond acceptors (Lipinski definition) is 3. The van der Waals surface area contributed by atoms with Gasteiger partial charge in [-0.15, -0.1) is 0 Å². The van der Waals surface area contributed by atoms with E-state index < -0.39 is 0 Å². The Morgan fingerprint density at radius 3 is 2.81 bits per heavy atom. The lowest BCUT2D eigenvalue weighted by Gasteiger charge is -2.13. The highest BCUT2D eigenvalue weighted by Gasteiger charge is 2.30. The quantitative estimate of drug-likeness (QED) is 0.791. The van der Waals surface area contributed by atoms with Gasteiger partial charge in [-0.05, 0) is 25.3 Å². The van der Waals surface area contributed by atoms with Gasteiger partial charge in [-0.3, -0.25) is 10.1 Å². The van der Waals surface area contributed by atoms with Crippen LogP contribution in [0.1, 0.15) is 31.4 Å². The number of hydrogen-bond donors (Lipinski definition) is 1. The summed E-state index contributed by atoms with van der Waals surface area (Å²) in [4.78, 5) is 11.5. The number of nitrogens with one attached hydrogen (secondary N) is 1. The van der Waals surface area contributed by atoms with Crippen molar-refractivity contribution in [1.82, 2.24) is 5.32 Å². The number of rotatable bonds is 3. The maximum absolute atomic E-state index is 11.5. The van der Waals surface area contributed by atoms with E-state index in [2.05, 4.69) is 17.4 Å². The summed E-state index contributed by atoms with van der Waals surface area (Å²) in [5.41, 5.74) is 1.24. The van der Waals surface area contributed by atoms with Gasteiger partial charge in [0.25, 0.3) is 0 Å². The predicted octanol–water partition coefficient (Wildman–Crippen LogP) is 2.04. The van der Waals surface area contributed by atoms with Gasteiger partial charge in [-0.1, -0.05) is 30.3 Å². The lowest BCUT2D eigenvalue weighted by Crippen LogP contribution is -2.33. The van der Waals surface area contributed by atoms with Crippen LogP contribution in [-0.4, -0.2) is 18.6 Å². The van der Waals surface area contributed by atoms with Crippen molar-refractivity contribution in [1.29, 1.82) is 0 Å². The summed E-state index contributed by atoms with van der Waals surface area (Å²) >= 11 is 0. The first-order valence-corrected chi connectivity index (χ1v) is 5.79. The molecule has 1 saturated heterocycles. The van der Waals surface area contributed by atoms with E-state index in [1.807, 2.05) is 25.1 Å². The van der Waals surface area contributed by atoms with Crippen LogP contribution in [0.2, 0.25) is 0 Å². The van der Waals surface area contributed by atoms with Crippen LogP contribution in [0.3, 0.4) is 0 Å². The third-order valence-electron chi connectivity index (χ3n) is 2.92. The summed E-state index contributed by atoms with van der Waals surface area (Å²) in [5.74, 6) is -0.124. The fourth-order valence-electron chi connectivity index (χ4n) is 2.12. The molecule has 2 atom stereocenters. The molecule has 1 aliphatic rings. The second-order valence-corrected chi connectivity index (χ2v) is 4.01. The highest BCUT2D eigenvalue weighted by Crippen LogP contribution is 2.26. The molecule has 0 radical (unpaired) electrons. The topological polar surface area (TPSA) is 38.3 Å². The molecule has 1 aromatic rings. The van der Waals surface area contributed by atoms with E-state index in [1.54, 1.807) is 0 Å². The Balaban J connectivity index is 1.96. The highest BCUT2D eigenvalue weighted by molar-refractivity contribution is 5.76. The molecule has 0 bridgehead atoms. The second-order valence-electron chi connectivity index (χ2n) is 4.01. The molecule has 3 nitrogen and oxygen atoms in total. The molecule has 0 spiro atoms. The zero-order valence-corrected chi connectivity index (χ0v) is 9.48. The molecule has 3 heteroatoms. The van der Waals surface area contributed by atoms with Crippen molar-refractivity contribution >= 4 is 5.97 Å². The molecule has 2 rings (SSSR count). The van der Waals surface area contributed by atoms with Crippen molar-refractivity contribution < 1.29 is 9.53 Å². The van der Waals surface area contributed by atoms with Crippen molar-refractivity contribution in [3.63, 3.8) is 0 Å².